The number of hydrogen-bond donors (Lipinski definition) is 2. The third-order valence-corrected chi connectivity index (χ3v) is 4.41. The number of H-pyrrole nitrogens is 1. The Morgan fingerprint density at radius 2 is 1.92 bits per heavy atom. The Morgan fingerprint density at radius 1 is 1.23 bits per heavy atom. The minimum Gasteiger partial charge on any atom is -0.507 e. The Kier molecular flexibility index (Phi) is 4.90. The first-order chi connectivity index (χ1) is 12.4. The van der Waals surface area contributed by atoms with Crippen LogP contribution in [-0.2, 0) is 0 Å². The molecule has 0 spiro atoms. The highest BCUT2D eigenvalue weighted by Crippen LogP contribution is 2.31. The molecule has 1 heterocycles. The van der Waals surface area contributed by atoms with E-state index in [1.54, 1.807) is 37.4 Å². The minimum atomic E-state index is -0.337. The highest BCUT2D eigenvalue weighted by Gasteiger charge is 2.20. The number of hydrogen-bond acceptors (Lipinski definition) is 5. The average molecular weight is 369 g/mol. The van der Waals surface area contributed by atoms with Crippen molar-refractivity contribution in [3.63, 3.8) is 0 Å². The summed E-state index contributed by atoms with van der Waals surface area (Å²) in [5.41, 5.74) is 1.91. The number of phenols is 1. The van der Waals surface area contributed by atoms with Crippen LogP contribution < -0.4 is 4.74 Å². The molecule has 0 aliphatic heterocycles. The number of benzene rings is 2. The molecule has 0 saturated carbocycles. The number of aromatic hydroxyl groups is 1. The van der Waals surface area contributed by atoms with Crippen LogP contribution in [0.2, 0.25) is 0 Å². The molecule has 0 aliphatic rings. The van der Waals surface area contributed by atoms with Crippen LogP contribution in [0, 0.1) is 4.77 Å². The lowest BCUT2D eigenvalue weighted by Gasteiger charge is -2.11. The first-order valence-corrected chi connectivity index (χ1v) is 8.52. The predicted molar refractivity (Wildman–Crippen MR) is 101 cm³/mol. The highest BCUT2D eigenvalue weighted by atomic mass is 32.1. The summed E-state index contributed by atoms with van der Waals surface area (Å²) < 4.78 is 6.57. The van der Waals surface area contributed by atoms with E-state index in [-0.39, 0.29) is 28.2 Å². The van der Waals surface area contributed by atoms with Crippen LogP contribution in [0.1, 0.15) is 35.7 Å². The molecule has 1 aromatic heterocycles. The van der Waals surface area contributed by atoms with E-state index in [0.29, 0.717) is 16.9 Å². The van der Waals surface area contributed by atoms with E-state index in [0.717, 1.165) is 5.56 Å². The normalized spacial score (nSPS) is 10.9. The molecule has 134 valence electrons. The van der Waals surface area contributed by atoms with E-state index in [1.165, 1.54) is 4.57 Å². The van der Waals surface area contributed by atoms with Crippen LogP contribution in [-0.4, -0.2) is 32.9 Å². The fraction of sp³-hybridized carbons (Fsp3) is 0.211. The van der Waals surface area contributed by atoms with Crippen molar-refractivity contribution in [2.45, 2.75) is 19.8 Å². The molecule has 2 N–H and O–H groups in total. The molecule has 3 rings (SSSR count). The summed E-state index contributed by atoms with van der Waals surface area (Å²) in [6, 6.07) is 12.0. The zero-order valence-corrected chi connectivity index (χ0v) is 15.5. The van der Waals surface area contributed by atoms with Gasteiger partial charge in [0, 0.05) is 5.56 Å². The van der Waals surface area contributed by atoms with Crippen LogP contribution in [0.15, 0.2) is 42.5 Å². The molecule has 0 atom stereocenters. The van der Waals surface area contributed by atoms with Gasteiger partial charge in [0.1, 0.15) is 11.5 Å². The second-order valence-corrected chi connectivity index (χ2v) is 6.54. The molecule has 0 saturated heterocycles. The summed E-state index contributed by atoms with van der Waals surface area (Å²) in [6.45, 7) is 4.10. The Hall–Kier alpha value is -2.93. The number of rotatable bonds is 4. The van der Waals surface area contributed by atoms with Crippen molar-refractivity contribution < 1.29 is 14.6 Å². The van der Waals surface area contributed by atoms with Gasteiger partial charge in [-0.15, -0.1) is 0 Å². The quantitative estimate of drug-likeness (QED) is 0.676. The Balaban J connectivity index is 2.11. The first-order valence-electron chi connectivity index (χ1n) is 8.12. The van der Waals surface area contributed by atoms with E-state index < -0.39 is 0 Å². The second-order valence-electron chi connectivity index (χ2n) is 6.15. The van der Waals surface area contributed by atoms with Gasteiger partial charge in [-0.3, -0.25) is 9.89 Å². The molecule has 0 bridgehead atoms. The number of aromatic nitrogens is 3. The van der Waals surface area contributed by atoms with E-state index in [9.17, 15) is 9.90 Å². The fourth-order valence-electron chi connectivity index (χ4n) is 2.62. The lowest BCUT2D eigenvalue weighted by molar-refractivity contribution is 0.0960. The van der Waals surface area contributed by atoms with Crippen molar-refractivity contribution >= 4 is 18.1 Å². The Bertz CT molecular complexity index is 1000. The number of nitrogens with one attached hydrogen (secondary N) is 1. The molecular formula is C19H19N3O3S. The molecule has 0 amide bonds. The monoisotopic (exact) mass is 369 g/mol. The number of phenolic OH excluding ortho intramolecular Hbond substituents is 1. The van der Waals surface area contributed by atoms with Gasteiger partial charge < -0.3 is 9.84 Å². The number of carbonyl (C=O) groups is 1. The van der Waals surface area contributed by atoms with Gasteiger partial charge in [-0.05, 0) is 60.1 Å². The largest absolute Gasteiger partial charge is 0.507 e. The summed E-state index contributed by atoms with van der Waals surface area (Å²) in [5.74, 6) is 0.889. The third kappa shape index (κ3) is 3.25. The molecule has 0 aliphatic carbocycles. The first kappa shape index (κ1) is 17.9. The molecule has 6 nitrogen and oxygen atoms in total. The standard InChI is InChI=1S/C19H19N3O3S/c1-11(2)13-6-9-16(23)15(10-13)17-20-21-19(26)22(17)18(24)12-4-7-14(25-3)8-5-12/h4-11,23H,1-3H3,(H,21,26). The summed E-state index contributed by atoms with van der Waals surface area (Å²) >= 11 is 5.24. The van der Waals surface area contributed by atoms with E-state index >= 15 is 0 Å². The van der Waals surface area contributed by atoms with Crippen LogP contribution >= 0.6 is 12.2 Å². The average Bonchev–Trinajstić information content (AvgIpc) is 3.02. The maximum atomic E-state index is 13.0. The van der Waals surface area contributed by atoms with Gasteiger partial charge in [0.05, 0.1) is 12.7 Å². The van der Waals surface area contributed by atoms with Gasteiger partial charge in [-0.1, -0.05) is 19.9 Å². The molecular weight excluding hydrogens is 350 g/mol. The van der Waals surface area contributed by atoms with Gasteiger partial charge in [0.25, 0.3) is 5.91 Å². The molecule has 0 unspecified atom stereocenters. The summed E-state index contributed by atoms with van der Waals surface area (Å²) in [4.78, 5) is 13.0. The number of carbonyl (C=O) groups excluding carboxylic acids is 1. The van der Waals surface area contributed by atoms with Crippen molar-refractivity contribution in [3.05, 3.63) is 58.4 Å². The highest BCUT2D eigenvalue weighted by molar-refractivity contribution is 7.71. The number of ether oxygens (including phenoxy) is 1. The van der Waals surface area contributed by atoms with Crippen molar-refractivity contribution in [1.82, 2.24) is 14.8 Å². The van der Waals surface area contributed by atoms with Gasteiger partial charge in [-0.25, -0.2) is 4.57 Å². The van der Waals surface area contributed by atoms with Crippen molar-refractivity contribution in [3.8, 4) is 22.9 Å². The van der Waals surface area contributed by atoms with Crippen molar-refractivity contribution in [2.24, 2.45) is 0 Å². The zero-order valence-electron chi connectivity index (χ0n) is 14.7. The van der Waals surface area contributed by atoms with Gasteiger partial charge in [0.2, 0.25) is 4.77 Å². The lowest BCUT2D eigenvalue weighted by atomic mass is 10.00. The molecule has 3 aromatic rings. The SMILES string of the molecule is COc1ccc(C(=O)n2c(-c3cc(C(C)C)ccc3O)n[nH]c2=S)cc1. The number of nitrogens with zero attached hydrogens (tertiary/aromatic N) is 2. The van der Waals surface area contributed by atoms with Crippen LogP contribution in [0.3, 0.4) is 0 Å². The van der Waals surface area contributed by atoms with Crippen molar-refractivity contribution in [1.29, 1.82) is 0 Å². The summed E-state index contributed by atoms with van der Waals surface area (Å²) in [5, 5.41) is 17.1. The third-order valence-electron chi connectivity index (χ3n) is 4.14. The van der Waals surface area contributed by atoms with E-state index in [4.69, 9.17) is 17.0 Å². The number of aromatic amines is 1. The Labute approximate surface area is 156 Å². The molecule has 0 fully saturated rings. The number of methoxy groups -OCH3 is 1. The van der Waals surface area contributed by atoms with E-state index in [1.807, 2.05) is 12.1 Å². The van der Waals surface area contributed by atoms with Crippen LogP contribution in [0.4, 0.5) is 0 Å². The topological polar surface area (TPSA) is 80.1 Å². The molecule has 7 heteroatoms. The zero-order chi connectivity index (χ0) is 18.8. The fourth-order valence-corrected chi connectivity index (χ4v) is 2.84. The van der Waals surface area contributed by atoms with Gasteiger partial charge in [-0.2, -0.15) is 5.10 Å². The van der Waals surface area contributed by atoms with Crippen LogP contribution in [0.5, 0.6) is 11.5 Å². The van der Waals surface area contributed by atoms with Gasteiger partial charge in [0.15, 0.2) is 5.82 Å². The van der Waals surface area contributed by atoms with E-state index in [2.05, 4.69) is 24.0 Å². The summed E-state index contributed by atoms with van der Waals surface area (Å²) in [6.07, 6.45) is 0. The molecule has 26 heavy (non-hydrogen) atoms. The Morgan fingerprint density at radius 3 is 2.54 bits per heavy atom. The minimum absolute atomic E-state index is 0.0344. The maximum Gasteiger partial charge on any atom is 0.265 e. The smallest absolute Gasteiger partial charge is 0.265 e. The predicted octanol–water partition coefficient (Wildman–Crippen LogP) is 4.13. The lowest BCUT2D eigenvalue weighted by Crippen LogP contribution is -2.14. The van der Waals surface area contributed by atoms with Crippen LogP contribution in [0.25, 0.3) is 11.4 Å². The second kappa shape index (κ2) is 7.13. The molecule has 0 radical (unpaired) electrons. The van der Waals surface area contributed by atoms with Gasteiger partial charge >= 0.3 is 0 Å². The van der Waals surface area contributed by atoms with Crippen molar-refractivity contribution in [2.75, 3.05) is 7.11 Å². The maximum absolute atomic E-state index is 13.0. The molecule has 2 aromatic carbocycles. The summed E-state index contributed by atoms with van der Waals surface area (Å²) in [7, 11) is 1.56.